The maximum atomic E-state index is 10.5. The fraction of sp³-hybridized carbons (Fsp3) is 0.600. The van der Waals surface area contributed by atoms with E-state index in [-0.39, 0.29) is 6.42 Å². The molecule has 5 heteroatoms. The Kier molecular flexibility index (Phi) is 4.08. The molecule has 0 amide bonds. The van der Waals surface area contributed by atoms with Gasteiger partial charge in [-0.05, 0) is 12.8 Å². The minimum atomic E-state index is -0.753. The van der Waals surface area contributed by atoms with E-state index in [1.807, 2.05) is 25.9 Å². The van der Waals surface area contributed by atoms with Crippen molar-refractivity contribution >= 4 is 22.4 Å². The van der Waals surface area contributed by atoms with Crippen LogP contribution in [0, 0.1) is 0 Å². The Morgan fingerprint density at radius 3 is 2.67 bits per heavy atom. The van der Waals surface area contributed by atoms with E-state index in [1.165, 1.54) is 0 Å². The van der Waals surface area contributed by atoms with Crippen molar-refractivity contribution in [2.45, 2.75) is 26.2 Å². The van der Waals surface area contributed by atoms with E-state index in [4.69, 9.17) is 5.11 Å². The summed E-state index contributed by atoms with van der Waals surface area (Å²) in [5, 5.41) is 9.58. The lowest BCUT2D eigenvalue weighted by molar-refractivity contribution is -0.136. The van der Waals surface area contributed by atoms with Crippen LogP contribution in [0.2, 0.25) is 0 Å². The molecule has 1 aromatic heterocycles. The lowest BCUT2D eigenvalue weighted by Crippen LogP contribution is -2.07. The molecule has 0 spiro atoms. The topological polar surface area (TPSA) is 53.4 Å². The van der Waals surface area contributed by atoms with Gasteiger partial charge in [0.25, 0.3) is 0 Å². The Hall–Kier alpha value is -1.10. The van der Waals surface area contributed by atoms with Crippen molar-refractivity contribution in [1.82, 2.24) is 4.98 Å². The summed E-state index contributed by atoms with van der Waals surface area (Å²) >= 11 is 1.59. The summed E-state index contributed by atoms with van der Waals surface area (Å²) in [6.45, 7) is 2.04. The fourth-order valence-corrected chi connectivity index (χ4v) is 2.32. The lowest BCUT2D eigenvalue weighted by atomic mass is 10.2. The van der Waals surface area contributed by atoms with Gasteiger partial charge in [0.2, 0.25) is 0 Å². The van der Waals surface area contributed by atoms with Gasteiger partial charge in [0.1, 0.15) is 0 Å². The fourth-order valence-electron chi connectivity index (χ4n) is 1.25. The van der Waals surface area contributed by atoms with Crippen LogP contribution >= 0.6 is 11.3 Å². The van der Waals surface area contributed by atoms with Gasteiger partial charge in [-0.2, -0.15) is 0 Å². The van der Waals surface area contributed by atoms with Crippen molar-refractivity contribution in [3.8, 4) is 0 Å². The monoisotopic (exact) mass is 228 g/mol. The number of rotatable bonds is 5. The first-order valence-corrected chi connectivity index (χ1v) is 5.74. The number of aryl methyl sites for hydroxylation is 2. The van der Waals surface area contributed by atoms with Crippen LogP contribution in [0.25, 0.3) is 0 Å². The Morgan fingerprint density at radius 1 is 1.53 bits per heavy atom. The molecule has 0 saturated carbocycles. The second-order valence-corrected chi connectivity index (χ2v) is 4.57. The predicted octanol–water partition coefficient (Wildman–Crippen LogP) is 1.79. The molecule has 1 N–H and O–H groups in total. The van der Waals surface area contributed by atoms with Crippen LogP contribution in [-0.4, -0.2) is 30.2 Å². The first-order valence-electron chi connectivity index (χ1n) is 4.92. The average molecular weight is 228 g/mol. The highest BCUT2D eigenvalue weighted by Crippen LogP contribution is 2.26. The summed E-state index contributed by atoms with van der Waals surface area (Å²) in [7, 11) is 3.89. The SMILES string of the molecule is CCc1nc(N(C)C)sc1CCC(=O)O. The molecule has 0 bridgehead atoms. The molecule has 0 fully saturated rings. The molecular formula is C10H16N2O2S. The molecule has 0 aliphatic heterocycles. The molecule has 1 aromatic rings. The predicted molar refractivity (Wildman–Crippen MR) is 61.8 cm³/mol. The quantitative estimate of drug-likeness (QED) is 0.834. The van der Waals surface area contributed by atoms with E-state index in [1.54, 1.807) is 11.3 Å². The van der Waals surface area contributed by atoms with Gasteiger partial charge in [0.05, 0.1) is 12.1 Å². The van der Waals surface area contributed by atoms with Crippen LogP contribution < -0.4 is 4.90 Å². The summed E-state index contributed by atoms with van der Waals surface area (Å²) in [5.74, 6) is -0.753. The number of carboxylic acid groups (broad SMARTS) is 1. The zero-order valence-electron chi connectivity index (χ0n) is 9.28. The van der Waals surface area contributed by atoms with Gasteiger partial charge >= 0.3 is 5.97 Å². The summed E-state index contributed by atoms with van der Waals surface area (Å²) in [6.07, 6.45) is 1.63. The molecule has 15 heavy (non-hydrogen) atoms. The van der Waals surface area contributed by atoms with Crippen molar-refractivity contribution in [1.29, 1.82) is 0 Å². The number of carbonyl (C=O) groups is 1. The number of hydrogen-bond donors (Lipinski definition) is 1. The Labute approximate surface area is 93.6 Å². The molecule has 0 aliphatic carbocycles. The second-order valence-electron chi connectivity index (χ2n) is 3.51. The van der Waals surface area contributed by atoms with Crippen molar-refractivity contribution < 1.29 is 9.90 Å². The highest BCUT2D eigenvalue weighted by Gasteiger charge is 2.11. The standard InChI is InChI=1S/C10H16N2O2S/c1-4-7-8(5-6-9(13)14)15-10(11-7)12(2)3/h4-6H2,1-3H3,(H,13,14). The Morgan fingerprint density at radius 2 is 2.20 bits per heavy atom. The van der Waals surface area contributed by atoms with E-state index >= 15 is 0 Å². The van der Waals surface area contributed by atoms with Crippen molar-refractivity contribution in [2.75, 3.05) is 19.0 Å². The largest absolute Gasteiger partial charge is 0.481 e. The molecule has 0 unspecified atom stereocenters. The number of hydrogen-bond acceptors (Lipinski definition) is 4. The summed E-state index contributed by atoms with van der Waals surface area (Å²) < 4.78 is 0. The molecule has 84 valence electrons. The number of aliphatic carboxylic acids is 1. The molecule has 0 saturated heterocycles. The number of thiazole rings is 1. The molecule has 0 radical (unpaired) electrons. The van der Waals surface area contributed by atoms with Gasteiger partial charge < -0.3 is 10.0 Å². The summed E-state index contributed by atoms with van der Waals surface area (Å²) in [6, 6.07) is 0. The zero-order valence-corrected chi connectivity index (χ0v) is 10.1. The van der Waals surface area contributed by atoms with E-state index in [0.29, 0.717) is 6.42 Å². The minimum absolute atomic E-state index is 0.183. The van der Waals surface area contributed by atoms with Crippen molar-refractivity contribution in [2.24, 2.45) is 0 Å². The second kappa shape index (κ2) is 5.11. The lowest BCUT2D eigenvalue weighted by Gasteiger charge is -2.05. The maximum Gasteiger partial charge on any atom is 0.303 e. The van der Waals surface area contributed by atoms with Gasteiger partial charge in [-0.15, -0.1) is 11.3 Å². The number of nitrogens with zero attached hydrogens (tertiary/aromatic N) is 2. The molecule has 1 rings (SSSR count). The van der Waals surface area contributed by atoms with Gasteiger partial charge in [-0.3, -0.25) is 4.79 Å². The first kappa shape index (κ1) is 12.0. The van der Waals surface area contributed by atoms with E-state index in [9.17, 15) is 4.79 Å². The third-order valence-electron chi connectivity index (χ3n) is 2.05. The van der Waals surface area contributed by atoms with Crippen LogP contribution in [0.15, 0.2) is 0 Å². The smallest absolute Gasteiger partial charge is 0.303 e. The molecule has 0 aromatic carbocycles. The van der Waals surface area contributed by atoms with Gasteiger partial charge in [-0.25, -0.2) is 4.98 Å². The van der Waals surface area contributed by atoms with E-state index < -0.39 is 5.97 Å². The Balaban J connectivity index is 2.80. The van der Waals surface area contributed by atoms with Gasteiger partial charge in [-0.1, -0.05) is 6.92 Å². The van der Waals surface area contributed by atoms with Gasteiger partial charge in [0.15, 0.2) is 5.13 Å². The highest BCUT2D eigenvalue weighted by atomic mass is 32.1. The molecule has 0 aliphatic rings. The molecule has 1 heterocycles. The van der Waals surface area contributed by atoms with Crippen LogP contribution in [0.4, 0.5) is 5.13 Å². The first-order chi connectivity index (χ1) is 7.04. The number of anilines is 1. The third kappa shape index (κ3) is 3.20. The van der Waals surface area contributed by atoms with Gasteiger partial charge in [0, 0.05) is 19.0 Å². The average Bonchev–Trinajstić information content (AvgIpc) is 2.57. The molecular weight excluding hydrogens is 212 g/mol. The van der Waals surface area contributed by atoms with Crippen LogP contribution in [-0.2, 0) is 17.6 Å². The van der Waals surface area contributed by atoms with Crippen molar-refractivity contribution in [3.05, 3.63) is 10.6 Å². The number of aromatic nitrogens is 1. The zero-order chi connectivity index (χ0) is 11.4. The normalized spacial score (nSPS) is 10.3. The maximum absolute atomic E-state index is 10.5. The highest BCUT2D eigenvalue weighted by molar-refractivity contribution is 7.15. The third-order valence-corrected chi connectivity index (χ3v) is 3.38. The van der Waals surface area contributed by atoms with Crippen molar-refractivity contribution in [3.63, 3.8) is 0 Å². The number of carboxylic acids is 1. The summed E-state index contributed by atoms with van der Waals surface area (Å²) in [5.41, 5.74) is 1.03. The van der Waals surface area contributed by atoms with E-state index in [0.717, 1.165) is 22.1 Å². The summed E-state index contributed by atoms with van der Waals surface area (Å²) in [4.78, 5) is 18.0. The minimum Gasteiger partial charge on any atom is -0.481 e. The molecule has 4 nitrogen and oxygen atoms in total. The van der Waals surface area contributed by atoms with Crippen LogP contribution in [0.3, 0.4) is 0 Å². The van der Waals surface area contributed by atoms with Crippen LogP contribution in [0.1, 0.15) is 23.9 Å². The van der Waals surface area contributed by atoms with E-state index in [2.05, 4.69) is 4.98 Å². The Bertz CT molecular complexity index is 347. The van der Waals surface area contributed by atoms with Crippen LogP contribution in [0.5, 0.6) is 0 Å². The molecule has 0 atom stereocenters.